The minimum Gasteiger partial charge on any atom is -0.469 e. The number of methoxy groups -OCH3 is 1. The Morgan fingerprint density at radius 3 is 2.79 bits per heavy atom. The molecule has 0 amide bonds. The summed E-state index contributed by atoms with van der Waals surface area (Å²) >= 11 is 3.70. The molecule has 1 aromatic heterocycles. The number of esters is 1. The molecule has 1 aliphatic carbocycles. The number of carbonyl (C=O) groups is 1. The molecule has 2 N–H and O–H groups in total. The predicted molar refractivity (Wildman–Crippen MR) is 81.6 cm³/mol. The molecule has 3 nitrogen and oxygen atoms in total. The van der Waals surface area contributed by atoms with Gasteiger partial charge in [-0.05, 0) is 37.3 Å². The molecule has 1 saturated carbocycles. The average Bonchev–Trinajstić information content (AvgIpc) is 3.02. The van der Waals surface area contributed by atoms with Gasteiger partial charge in [0.15, 0.2) is 0 Å². The van der Waals surface area contributed by atoms with E-state index in [1.54, 1.807) is 0 Å². The van der Waals surface area contributed by atoms with Crippen LogP contribution < -0.4 is 5.73 Å². The van der Waals surface area contributed by atoms with Crippen LogP contribution in [0.1, 0.15) is 34.3 Å². The number of nitrogens with two attached hydrogens (primary N) is 1. The molecule has 1 fully saturated rings. The monoisotopic (exact) mass is 299 g/mol. The quantitative estimate of drug-likeness (QED) is 0.786. The van der Waals surface area contributed by atoms with Crippen molar-refractivity contribution in [3.63, 3.8) is 0 Å². The first kappa shape index (κ1) is 14.9. The number of thiophene rings is 1. The summed E-state index contributed by atoms with van der Waals surface area (Å²) in [5.74, 6) is 0.912. The van der Waals surface area contributed by atoms with E-state index in [0.717, 1.165) is 18.6 Å². The molecule has 0 aliphatic heterocycles. The first-order chi connectivity index (χ1) is 9.08. The van der Waals surface area contributed by atoms with Gasteiger partial charge in [-0.25, -0.2) is 0 Å². The molecule has 0 spiro atoms. The summed E-state index contributed by atoms with van der Waals surface area (Å²) in [6.07, 6.45) is 2.82. The second kappa shape index (κ2) is 6.29. The maximum atomic E-state index is 11.4. The summed E-state index contributed by atoms with van der Waals surface area (Å²) in [5.41, 5.74) is 6.06. The molecule has 1 aromatic rings. The van der Waals surface area contributed by atoms with E-state index in [4.69, 9.17) is 10.5 Å². The SMILES string of the molecule is COC(=O)CC1(CSC(CN)c2ccc(C)s2)CC1. The number of ether oxygens (including phenoxy) is 1. The molecule has 106 valence electrons. The van der Waals surface area contributed by atoms with Gasteiger partial charge in [-0.2, -0.15) is 11.8 Å². The van der Waals surface area contributed by atoms with Crippen LogP contribution in [0, 0.1) is 12.3 Å². The normalized spacial score (nSPS) is 18.1. The lowest BCUT2D eigenvalue weighted by Crippen LogP contribution is -2.16. The average molecular weight is 299 g/mol. The van der Waals surface area contributed by atoms with Gasteiger partial charge in [-0.15, -0.1) is 11.3 Å². The molecule has 0 saturated heterocycles. The van der Waals surface area contributed by atoms with E-state index in [-0.39, 0.29) is 11.4 Å². The topological polar surface area (TPSA) is 52.3 Å². The van der Waals surface area contributed by atoms with Crippen molar-refractivity contribution in [3.05, 3.63) is 21.9 Å². The number of carbonyl (C=O) groups excluding carboxylic acids is 1. The van der Waals surface area contributed by atoms with Gasteiger partial charge in [0.2, 0.25) is 0 Å². The maximum absolute atomic E-state index is 11.4. The second-order valence-corrected chi connectivity index (χ2v) is 7.75. The molecule has 5 heteroatoms. The Kier molecular flexibility index (Phi) is 4.92. The highest BCUT2D eigenvalue weighted by Gasteiger charge is 2.44. The lowest BCUT2D eigenvalue weighted by Gasteiger charge is -2.18. The van der Waals surface area contributed by atoms with Crippen LogP contribution in [0.25, 0.3) is 0 Å². The third-order valence-corrected chi connectivity index (χ3v) is 6.48. The van der Waals surface area contributed by atoms with Crippen molar-refractivity contribution in [2.75, 3.05) is 19.4 Å². The number of aryl methyl sites for hydroxylation is 1. The maximum Gasteiger partial charge on any atom is 0.306 e. The fraction of sp³-hybridized carbons (Fsp3) is 0.643. The molecule has 0 radical (unpaired) electrons. The first-order valence-electron chi connectivity index (χ1n) is 6.53. The fourth-order valence-electron chi connectivity index (χ4n) is 2.10. The first-order valence-corrected chi connectivity index (χ1v) is 8.40. The standard InChI is InChI=1S/C14H21NO2S2/c1-10-3-4-11(19-10)12(8-15)18-9-14(5-6-14)7-13(16)17-2/h3-4,12H,5-9,15H2,1-2H3. The summed E-state index contributed by atoms with van der Waals surface area (Å²) in [5, 5.41) is 0.355. The Labute approximate surface area is 122 Å². The Bertz CT molecular complexity index is 440. The van der Waals surface area contributed by atoms with Gasteiger partial charge in [0.1, 0.15) is 0 Å². The summed E-state index contributed by atoms with van der Waals surface area (Å²) in [6.45, 7) is 2.77. The third kappa shape index (κ3) is 3.97. The van der Waals surface area contributed by atoms with Gasteiger partial charge in [0.25, 0.3) is 0 Å². The minimum absolute atomic E-state index is 0.0885. The van der Waals surface area contributed by atoms with Crippen molar-refractivity contribution in [3.8, 4) is 0 Å². The van der Waals surface area contributed by atoms with Crippen LogP contribution >= 0.6 is 23.1 Å². The summed E-state index contributed by atoms with van der Waals surface area (Å²) in [6, 6.07) is 4.31. The smallest absolute Gasteiger partial charge is 0.306 e. The molecule has 2 rings (SSSR count). The van der Waals surface area contributed by atoms with Crippen molar-refractivity contribution in [1.82, 2.24) is 0 Å². The van der Waals surface area contributed by atoms with Crippen LogP contribution in [-0.4, -0.2) is 25.4 Å². The number of thioether (sulfide) groups is 1. The van der Waals surface area contributed by atoms with E-state index in [1.165, 1.54) is 16.9 Å². The third-order valence-electron chi connectivity index (χ3n) is 3.59. The molecule has 1 atom stereocenters. The minimum atomic E-state index is -0.0885. The summed E-state index contributed by atoms with van der Waals surface area (Å²) in [7, 11) is 1.46. The summed E-state index contributed by atoms with van der Waals surface area (Å²) in [4.78, 5) is 14.1. The van der Waals surface area contributed by atoms with E-state index in [1.807, 2.05) is 23.1 Å². The van der Waals surface area contributed by atoms with Crippen molar-refractivity contribution in [1.29, 1.82) is 0 Å². The van der Waals surface area contributed by atoms with Crippen molar-refractivity contribution in [2.45, 2.75) is 31.4 Å². The van der Waals surface area contributed by atoms with E-state index < -0.39 is 0 Å². The Morgan fingerprint density at radius 1 is 1.58 bits per heavy atom. The van der Waals surface area contributed by atoms with Crippen LogP contribution in [0.4, 0.5) is 0 Å². The van der Waals surface area contributed by atoms with Crippen molar-refractivity contribution < 1.29 is 9.53 Å². The largest absolute Gasteiger partial charge is 0.469 e. The molecule has 1 heterocycles. The van der Waals surface area contributed by atoms with E-state index in [9.17, 15) is 4.79 Å². The number of hydrogen-bond donors (Lipinski definition) is 1. The molecule has 0 bridgehead atoms. The van der Waals surface area contributed by atoms with Gasteiger partial charge >= 0.3 is 5.97 Å². The second-order valence-electron chi connectivity index (χ2n) is 5.24. The Balaban J connectivity index is 1.88. The van der Waals surface area contributed by atoms with E-state index in [2.05, 4.69) is 19.1 Å². The molecule has 1 unspecified atom stereocenters. The van der Waals surface area contributed by atoms with E-state index >= 15 is 0 Å². The highest BCUT2D eigenvalue weighted by molar-refractivity contribution is 7.99. The van der Waals surface area contributed by atoms with Crippen molar-refractivity contribution >= 4 is 29.1 Å². The Hall–Kier alpha value is -0.520. The van der Waals surface area contributed by atoms with Gasteiger partial charge in [-0.3, -0.25) is 4.79 Å². The van der Waals surface area contributed by atoms with Crippen LogP contribution in [0.3, 0.4) is 0 Å². The number of rotatable bonds is 7. The molecule has 19 heavy (non-hydrogen) atoms. The van der Waals surface area contributed by atoms with Crippen LogP contribution in [0.5, 0.6) is 0 Å². The molecular formula is C14H21NO2S2. The molecular weight excluding hydrogens is 278 g/mol. The van der Waals surface area contributed by atoms with E-state index in [0.29, 0.717) is 18.2 Å². The van der Waals surface area contributed by atoms with Crippen LogP contribution in [0.2, 0.25) is 0 Å². The fourth-order valence-corrected chi connectivity index (χ4v) is 4.64. The number of hydrogen-bond acceptors (Lipinski definition) is 5. The van der Waals surface area contributed by atoms with Gasteiger partial charge in [0, 0.05) is 22.1 Å². The lowest BCUT2D eigenvalue weighted by molar-refractivity contribution is -0.141. The zero-order valence-corrected chi connectivity index (χ0v) is 13.1. The zero-order chi connectivity index (χ0) is 13.9. The highest BCUT2D eigenvalue weighted by Crippen LogP contribution is 2.53. The van der Waals surface area contributed by atoms with Crippen LogP contribution in [0.15, 0.2) is 12.1 Å². The highest BCUT2D eigenvalue weighted by atomic mass is 32.2. The predicted octanol–water partition coefficient (Wildman–Crippen LogP) is 3.13. The zero-order valence-electron chi connectivity index (χ0n) is 11.5. The van der Waals surface area contributed by atoms with Crippen molar-refractivity contribution in [2.24, 2.45) is 11.1 Å². The molecule has 1 aliphatic rings. The molecule has 0 aromatic carbocycles. The van der Waals surface area contributed by atoms with Gasteiger partial charge in [0.05, 0.1) is 18.8 Å². The van der Waals surface area contributed by atoms with Gasteiger partial charge in [-0.1, -0.05) is 0 Å². The summed E-state index contributed by atoms with van der Waals surface area (Å²) < 4.78 is 4.78. The lowest BCUT2D eigenvalue weighted by atomic mass is 10.1. The van der Waals surface area contributed by atoms with Crippen LogP contribution in [-0.2, 0) is 9.53 Å². The Morgan fingerprint density at radius 2 is 2.32 bits per heavy atom. The van der Waals surface area contributed by atoms with Gasteiger partial charge < -0.3 is 10.5 Å².